The Morgan fingerprint density at radius 3 is 2.64 bits per heavy atom. The smallest absolute Gasteiger partial charge is 0.408 e. The summed E-state index contributed by atoms with van der Waals surface area (Å²) in [5.41, 5.74) is 2.42. The number of carbonyl (C=O) groups is 2. The molecule has 33 heavy (non-hydrogen) atoms. The van der Waals surface area contributed by atoms with Crippen LogP contribution in [0.2, 0.25) is 0 Å². The zero-order valence-electron chi connectivity index (χ0n) is 18.4. The van der Waals surface area contributed by atoms with Crippen molar-refractivity contribution in [2.24, 2.45) is 5.10 Å². The Balaban J connectivity index is 1.51. The summed E-state index contributed by atoms with van der Waals surface area (Å²) in [6.07, 6.45) is 0.365. The molecule has 1 N–H and O–H groups in total. The summed E-state index contributed by atoms with van der Waals surface area (Å²) in [6, 6.07) is 10.7. The van der Waals surface area contributed by atoms with Gasteiger partial charge >= 0.3 is 5.76 Å². The molecule has 0 fully saturated rings. The van der Waals surface area contributed by atoms with E-state index in [0.717, 1.165) is 0 Å². The highest BCUT2D eigenvalue weighted by atomic mass is 19.1. The third-order valence-corrected chi connectivity index (χ3v) is 5.31. The maximum atomic E-state index is 13.1. The number of halogens is 1. The molecular weight excluding hydrogens is 429 g/mol. The van der Waals surface area contributed by atoms with Crippen LogP contribution in [0.1, 0.15) is 18.4 Å². The highest BCUT2D eigenvalue weighted by Crippen LogP contribution is 2.20. The average Bonchev–Trinajstić information content (AvgIpc) is 3.09. The zero-order valence-corrected chi connectivity index (χ0v) is 18.4. The summed E-state index contributed by atoms with van der Waals surface area (Å²) >= 11 is 0. The van der Waals surface area contributed by atoms with Gasteiger partial charge in [0.2, 0.25) is 5.91 Å². The van der Waals surface area contributed by atoms with Gasteiger partial charge in [0.25, 0.3) is 5.91 Å². The minimum atomic E-state index is -0.457. The molecule has 1 aliphatic rings. The van der Waals surface area contributed by atoms with Gasteiger partial charge in [0.05, 0.1) is 12.1 Å². The number of anilines is 1. The second-order valence-corrected chi connectivity index (χ2v) is 8.08. The van der Waals surface area contributed by atoms with E-state index in [4.69, 9.17) is 4.42 Å². The number of oxazole rings is 1. The van der Waals surface area contributed by atoms with E-state index < -0.39 is 11.7 Å². The topological polar surface area (TPSA) is 100 Å². The fourth-order valence-corrected chi connectivity index (χ4v) is 3.51. The largest absolute Gasteiger partial charge is 0.419 e. The van der Waals surface area contributed by atoms with Gasteiger partial charge in [-0.2, -0.15) is 5.10 Å². The van der Waals surface area contributed by atoms with E-state index in [1.165, 1.54) is 21.7 Å². The van der Waals surface area contributed by atoms with Crippen LogP contribution >= 0.6 is 0 Å². The molecular formula is C23H24FN5O4. The molecule has 0 unspecified atom stereocenters. The number of amides is 2. The quantitative estimate of drug-likeness (QED) is 0.592. The number of rotatable bonds is 7. The Kier molecular flexibility index (Phi) is 6.36. The fraction of sp³-hybridized carbons (Fsp3) is 0.304. The first-order valence-corrected chi connectivity index (χ1v) is 10.5. The van der Waals surface area contributed by atoms with Gasteiger partial charge in [0.15, 0.2) is 5.58 Å². The predicted octanol–water partition coefficient (Wildman–Crippen LogP) is 2.41. The normalized spacial score (nSPS) is 14.1. The number of benzene rings is 2. The Morgan fingerprint density at radius 1 is 1.15 bits per heavy atom. The minimum absolute atomic E-state index is 0.148. The van der Waals surface area contributed by atoms with Crippen LogP contribution in [-0.2, 0) is 22.7 Å². The molecule has 1 aromatic heterocycles. The van der Waals surface area contributed by atoms with Crippen molar-refractivity contribution in [1.29, 1.82) is 0 Å². The first kappa shape index (κ1) is 22.4. The molecule has 1 aliphatic heterocycles. The summed E-state index contributed by atoms with van der Waals surface area (Å²) < 4.78 is 19.9. The summed E-state index contributed by atoms with van der Waals surface area (Å²) in [7, 11) is 3.82. The van der Waals surface area contributed by atoms with Crippen molar-refractivity contribution in [2.75, 3.05) is 26.0 Å². The minimum Gasteiger partial charge on any atom is -0.408 e. The van der Waals surface area contributed by atoms with E-state index in [1.54, 1.807) is 30.3 Å². The highest BCUT2D eigenvalue weighted by Gasteiger charge is 2.25. The molecule has 0 atom stereocenters. The number of nitrogens with zero attached hydrogens (tertiary/aromatic N) is 4. The Labute approximate surface area is 189 Å². The number of fused-ring (bicyclic) bond motifs is 1. The molecule has 0 saturated carbocycles. The molecule has 0 aliphatic carbocycles. The molecule has 3 aromatic rings. The van der Waals surface area contributed by atoms with E-state index in [2.05, 4.69) is 10.4 Å². The van der Waals surface area contributed by atoms with Gasteiger partial charge in [-0.15, -0.1) is 0 Å². The molecule has 0 bridgehead atoms. The standard InChI is InChI=1S/C23H24FN5O4/c1-27(2)11-12-28-19-13-17(7-9-20(19)33-23(28)32)25-22(31)18-8-10-21(30)29(26-18)14-15-3-5-16(24)6-4-15/h3-7,9,13H,8,10-12,14H2,1-2H3,(H,25,31). The molecule has 2 aromatic carbocycles. The van der Waals surface area contributed by atoms with Crippen LogP contribution < -0.4 is 11.1 Å². The molecule has 0 radical (unpaired) electrons. The molecule has 0 spiro atoms. The van der Waals surface area contributed by atoms with Gasteiger partial charge in [-0.25, -0.2) is 14.2 Å². The maximum Gasteiger partial charge on any atom is 0.419 e. The third-order valence-electron chi connectivity index (χ3n) is 5.31. The lowest BCUT2D eigenvalue weighted by atomic mass is 10.1. The predicted molar refractivity (Wildman–Crippen MR) is 121 cm³/mol. The van der Waals surface area contributed by atoms with Crippen LogP contribution in [0, 0.1) is 5.82 Å². The van der Waals surface area contributed by atoms with Crippen LogP contribution in [0.15, 0.2) is 56.8 Å². The van der Waals surface area contributed by atoms with Crippen molar-refractivity contribution in [3.63, 3.8) is 0 Å². The number of carbonyl (C=O) groups excluding carboxylic acids is 2. The molecule has 2 amide bonds. The number of likely N-dealkylation sites (N-methyl/N-ethyl adjacent to an activating group) is 1. The van der Waals surface area contributed by atoms with Crippen molar-refractivity contribution in [1.82, 2.24) is 14.5 Å². The molecule has 10 heteroatoms. The lowest BCUT2D eigenvalue weighted by molar-refractivity contribution is -0.132. The van der Waals surface area contributed by atoms with Gasteiger partial charge in [0.1, 0.15) is 11.5 Å². The van der Waals surface area contributed by atoms with Crippen molar-refractivity contribution in [3.05, 3.63) is 64.4 Å². The van der Waals surface area contributed by atoms with E-state index in [9.17, 15) is 18.8 Å². The van der Waals surface area contributed by atoms with Crippen LogP contribution in [0.25, 0.3) is 11.1 Å². The van der Waals surface area contributed by atoms with Crippen LogP contribution in [0.4, 0.5) is 10.1 Å². The fourth-order valence-electron chi connectivity index (χ4n) is 3.51. The van der Waals surface area contributed by atoms with E-state index in [-0.39, 0.29) is 36.8 Å². The van der Waals surface area contributed by atoms with Gasteiger partial charge in [0, 0.05) is 31.6 Å². The monoisotopic (exact) mass is 453 g/mol. The number of hydrazone groups is 1. The molecule has 0 saturated heterocycles. The van der Waals surface area contributed by atoms with Crippen molar-refractivity contribution < 1.29 is 18.4 Å². The summed E-state index contributed by atoms with van der Waals surface area (Å²) in [5, 5.41) is 8.24. The summed E-state index contributed by atoms with van der Waals surface area (Å²) in [6.45, 7) is 1.25. The Morgan fingerprint density at radius 2 is 1.91 bits per heavy atom. The summed E-state index contributed by atoms with van der Waals surface area (Å²) in [4.78, 5) is 39.2. The second-order valence-electron chi connectivity index (χ2n) is 8.08. The zero-order chi connectivity index (χ0) is 23.5. The van der Waals surface area contributed by atoms with Crippen LogP contribution in [0.5, 0.6) is 0 Å². The highest BCUT2D eigenvalue weighted by molar-refractivity contribution is 6.43. The first-order valence-electron chi connectivity index (χ1n) is 10.5. The number of hydrogen-bond acceptors (Lipinski definition) is 6. The van der Waals surface area contributed by atoms with E-state index in [0.29, 0.717) is 35.4 Å². The summed E-state index contributed by atoms with van der Waals surface area (Å²) in [5.74, 6) is -1.46. The van der Waals surface area contributed by atoms with E-state index in [1.807, 2.05) is 19.0 Å². The Hall–Kier alpha value is -3.79. The first-order chi connectivity index (χ1) is 15.8. The number of aromatic nitrogens is 1. The lowest BCUT2D eigenvalue weighted by Crippen LogP contribution is -2.36. The third kappa shape index (κ3) is 5.17. The second kappa shape index (κ2) is 9.37. The van der Waals surface area contributed by atoms with Gasteiger partial charge in [-0.3, -0.25) is 14.2 Å². The lowest BCUT2D eigenvalue weighted by Gasteiger charge is -2.23. The average molecular weight is 453 g/mol. The molecule has 172 valence electrons. The van der Waals surface area contributed by atoms with Crippen molar-refractivity contribution >= 4 is 34.3 Å². The van der Waals surface area contributed by atoms with Crippen molar-refractivity contribution in [2.45, 2.75) is 25.9 Å². The van der Waals surface area contributed by atoms with Gasteiger partial charge < -0.3 is 14.6 Å². The van der Waals surface area contributed by atoms with Crippen LogP contribution in [0.3, 0.4) is 0 Å². The van der Waals surface area contributed by atoms with E-state index >= 15 is 0 Å². The SMILES string of the molecule is CN(C)CCn1c(=O)oc2ccc(NC(=O)C3=NN(Cc4ccc(F)cc4)C(=O)CC3)cc21. The maximum absolute atomic E-state index is 13.1. The number of nitrogens with one attached hydrogen (secondary N) is 1. The molecule has 9 nitrogen and oxygen atoms in total. The Bertz CT molecular complexity index is 1280. The number of hydrogen-bond donors (Lipinski definition) is 1. The molecule has 2 heterocycles. The molecule has 4 rings (SSSR count). The van der Waals surface area contributed by atoms with Crippen LogP contribution in [-0.4, -0.2) is 52.6 Å². The van der Waals surface area contributed by atoms with Crippen molar-refractivity contribution in [3.8, 4) is 0 Å². The van der Waals surface area contributed by atoms with Gasteiger partial charge in [-0.1, -0.05) is 12.1 Å². The van der Waals surface area contributed by atoms with Gasteiger partial charge in [-0.05, 0) is 50.0 Å².